The second-order valence-corrected chi connectivity index (χ2v) is 8.56. The maximum Gasteiger partial charge on any atom is 0.266 e. The maximum atomic E-state index is 13.2. The molecule has 0 aliphatic rings. The van der Waals surface area contributed by atoms with Gasteiger partial charge in [-0.3, -0.25) is 0 Å². The van der Waals surface area contributed by atoms with Gasteiger partial charge in [-0.15, -0.1) is 5.10 Å². The van der Waals surface area contributed by atoms with Gasteiger partial charge in [0.1, 0.15) is 0 Å². The van der Waals surface area contributed by atoms with Crippen molar-refractivity contribution in [3.63, 3.8) is 0 Å². The standard InChI is InChI=1S/C18H22ClN5O2S/c1-4-5-9-12-23(27(25,26)15-10-7-6-8-11-15)18-21-17-20-13(2)16(19)14(3)24(17)22-18/h6-8,10-11H,4-5,9,12H2,1-3H3. The predicted octanol–water partition coefficient (Wildman–Crippen LogP) is 3.78. The van der Waals surface area contributed by atoms with Crippen LogP contribution in [0.3, 0.4) is 0 Å². The SMILES string of the molecule is CCCCCN(c1nc2nc(C)c(Cl)c(C)n2n1)S(=O)(=O)c1ccccc1. The Morgan fingerprint density at radius 2 is 1.81 bits per heavy atom. The largest absolute Gasteiger partial charge is 0.266 e. The molecule has 0 unspecified atom stereocenters. The lowest BCUT2D eigenvalue weighted by atomic mass is 10.2. The molecular weight excluding hydrogens is 386 g/mol. The van der Waals surface area contributed by atoms with Crippen LogP contribution in [0.25, 0.3) is 5.78 Å². The van der Waals surface area contributed by atoms with Crippen molar-refractivity contribution in [1.29, 1.82) is 0 Å². The summed E-state index contributed by atoms with van der Waals surface area (Å²) in [6.45, 7) is 5.95. The van der Waals surface area contributed by atoms with E-state index in [4.69, 9.17) is 11.6 Å². The molecule has 7 nitrogen and oxygen atoms in total. The van der Waals surface area contributed by atoms with Crippen LogP contribution in [0, 0.1) is 13.8 Å². The quantitative estimate of drug-likeness (QED) is 0.557. The number of unbranched alkanes of at least 4 members (excludes halogenated alkanes) is 2. The highest BCUT2D eigenvalue weighted by atomic mass is 35.5. The van der Waals surface area contributed by atoms with Crippen LogP contribution in [0.2, 0.25) is 5.02 Å². The number of sulfonamides is 1. The Hall–Kier alpha value is -2.19. The summed E-state index contributed by atoms with van der Waals surface area (Å²) >= 11 is 6.25. The number of nitrogens with zero attached hydrogens (tertiary/aromatic N) is 5. The van der Waals surface area contributed by atoms with E-state index in [9.17, 15) is 8.42 Å². The lowest BCUT2D eigenvalue weighted by Gasteiger charge is -2.20. The van der Waals surface area contributed by atoms with Gasteiger partial charge in [0.05, 0.1) is 21.3 Å². The highest BCUT2D eigenvalue weighted by Crippen LogP contribution is 2.24. The number of aromatic nitrogens is 4. The Bertz CT molecular complexity index is 1050. The number of rotatable bonds is 7. The Morgan fingerprint density at radius 1 is 1.11 bits per heavy atom. The Labute approximate surface area is 164 Å². The smallest absolute Gasteiger partial charge is 0.232 e. The summed E-state index contributed by atoms with van der Waals surface area (Å²) < 4.78 is 29.2. The summed E-state index contributed by atoms with van der Waals surface area (Å²) in [5, 5.41) is 4.88. The van der Waals surface area contributed by atoms with Crippen molar-refractivity contribution in [3.05, 3.63) is 46.7 Å². The van der Waals surface area contributed by atoms with Gasteiger partial charge in [-0.25, -0.2) is 17.7 Å². The second-order valence-electron chi connectivity index (χ2n) is 6.32. The number of fused-ring (bicyclic) bond motifs is 1. The molecular formula is C18H22ClN5O2S. The first-order chi connectivity index (χ1) is 12.9. The van der Waals surface area contributed by atoms with E-state index in [2.05, 4.69) is 22.0 Å². The molecule has 2 aromatic heterocycles. The Morgan fingerprint density at radius 3 is 2.48 bits per heavy atom. The zero-order valence-corrected chi connectivity index (χ0v) is 17.1. The molecule has 0 aliphatic carbocycles. The number of benzene rings is 1. The zero-order valence-electron chi connectivity index (χ0n) is 15.6. The van der Waals surface area contributed by atoms with Crippen molar-refractivity contribution in [2.45, 2.75) is 44.9 Å². The van der Waals surface area contributed by atoms with Crippen molar-refractivity contribution in [2.75, 3.05) is 10.8 Å². The molecule has 3 aromatic rings. The third-order valence-electron chi connectivity index (χ3n) is 4.32. The molecule has 0 saturated carbocycles. The summed E-state index contributed by atoms with van der Waals surface area (Å²) in [6, 6.07) is 8.32. The van der Waals surface area contributed by atoms with E-state index in [0.717, 1.165) is 12.8 Å². The third kappa shape index (κ3) is 3.77. The van der Waals surface area contributed by atoms with Gasteiger partial charge in [0.25, 0.3) is 21.7 Å². The maximum absolute atomic E-state index is 13.2. The summed E-state index contributed by atoms with van der Waals surface area (Å²) in [7, 11) is -3.78. The van der Waals surface area contributed by atoms with Crippen LogP contribution in [-0.4, -0.2) is 34.5 Å². The summed E-state index contributed by atoms with van der Waals surface area (Å²) in [4.78, 5) is 8.91. The monoisotopic (exact) mass is 407 g/mol. The first-order valence-corrected chi connectivity index (χ1v) is 10.6. The fourth-order valence-electron chi connectivity index (χ4n) is 2.80. The van der Waals surface area contributed by atoms with Crippen LogP contribution >= 0.6 is 11.6 Å². The van der Waals surface area contributed by atoms with Crippen LogP contribution in [0.1, 0.15) is 37.6 Å². The molecule has 2 heterocycles. The van der Waals surface area contributed by atoms with E-state index < -0.39 is 10.0 Å². The average molecular weight is 408 g/mol. The molecule has 0 amide bonds. The number of aryl methyl sites for hydroxylation is 2. The van der Waals surface area contributed by atoms with Crippen LogP contribution in [0.4, 0.5) is 5.95 Å². The molecule has 0 atom stereocenters. The third-order valence-corrected chi connectivity index (χ3v) is 6.66. The van der Waals surface area contributed by atoms with Crippen LogP contribution in [0.5, 0.6) is 0 Å². The number of hydrogen-bond donors (Lipinski definition) is 0. The molecule has 144 valence electrons. The van der Waals surface area contributed by atoms with Gasteiger partial charge in [-0.1, -0.05) is 49.6 Å². The zero-order chi connectivity index (χ0) is 19.6. The lowest BCUT2D eigenvalue weighted by Crippen LogP contribution is -2.33. The number of anilines is 1. The van der Waals surface area contributed by atoms with E-state index in [1.54, 1.807) is 44.2 Å². The molecule has 0 bridgehead atoms. The molecule has 0 radical (unpaired) electrons. The van der Waals surface area contributed by atoms with Crippen LogP contribution < -0.4 is 4.31 Å². The van der Waals surface area contributed by atoms with Crippen LogP contribution in [-0.2, 0) is 10.0 Å². The molecule has 0 N–H and O–H groups in total. The van der Waals surface area contributed by atoms with Gasteiger partial charge in [0.15, 0.2) is 0 Å². The highest BCUT2D eigenvalue weighted by molar-refractivity contribution is 7.92. The van der Waals surface area contributed by atoms with Crippen molar-refractivity contribution >= 4 is 33.4 Å². The number of hydrogen-bond acceptors (Lipinski definition) is 5. The highest BCUT2D eigenvalue weighted by Gasteiger charge is 2.28. The van der Waals surface area contributed by atoms with Gasteiger partial charge < -0.3 is 0 Å². The summed E-state index contributed by atoms with van der Waals surface area (Å²) in [5.74, 6) is 0.431. The van der Waals surface area contributed by atoms with Crippen LogP contribution in [0.15, 0.2) is 35.2 Å². The molecule has 1 aromatic carbocycles. The number of halogens is 1. The minimum absolute atomic E-state index is 0.104. The summed E-state index contributed by atoms with van der Waals surface area (Å²) in [6.07, 6.45) is 2.61. The van der Waals surface area contributed by atoms with E-state index in [1.165, 1.54) is 8.82 Å². The first-order valence-electron chi connectivity index (χ1n) is 8.83. The molecule has 9 heteroatoms. The molecule has 0 spiro atoms. The molecule has 0 saturated heterocycles. The first kappa shape index (κ1) is 19.6. The normalized spacial score (nSPS) is 11.9. The minimum Gasteiger partial charge on any atom is -0.232 e. The molecule has 3 rings (SSSR count). The predicted molar refractivity (Wildman–Crippen MR) is 106 cm³/mol. The fourth-order valence-corrected chi connectivity index (χ4v) is 4.34. The van der Waals surface area contributed by atoms with E-state index in [0.29, 0.717) is 35.2 Å². The van der Waals surface area contributed by atoms with E-state index in [1.807, 2.05) is 0 Å². The average Bonchev–Trinajstić information content (AvgIpc) is 3.07. The minimum atomic E-state index is -3.78. The topological polar surface area (TPSA) is 80.5 Å². The van der Waals surface area contributed by atoms with Crippen molar-refractivity contribution in [2.24, 2.45) is 0 Å². The van der Waals surface area contributed by atoms with E-state index in [-0.39, 0.29) is 10.8 Å². The molecule has 0 fully saturated rings. The Balaban J connectivity index is 2.11. The van der Waals surface area contributed by atoms with Gasteiger partial charge in [0.2, 0.25) is 0 Å². The molecule has 27 heavy (non-hydrogen) atoms. The molecule has 0 aliphatic heterocycles. The van der Waals surface area contributed by atoms with Crippen molar-refractivity contribution < 1.29 is 8.42 Å². The Kier molecular flexibility index (Phi) is 5.67. The van der Waals surface area contributed by atoms with E-state index >= 15 is 0 Å². The lowest BCUT2D eigenvalue weighted by molar-refractivity contribution is 0.585. The fraction of sp³-hybridized carbons (Fsp3) is 0.389. The van der Waals surface area contributed by atoms with Gasteiger partial charge in [0, 0.05) is 6.54 Å². The van der Waals surface area contributed by atoms with Gasteiger partial charge >= 0.3 is 0 Å². The second kappa shape index (κ2) is 7.82. The van der Waals surface area contributed by atoms with Crippen molar-refractivity contribution in [3.8, 4) is 0 Å². The van der Waals surface area contributed by atoms with Gasteiger partial charge in [-0.05, 0) is 32.4 Å². The van der Waals surface area contributed by atoms with Crippen molar-refractivity contribution in [1.82, 2.24) is 19.6 Å². The van der Waals surface area contributed by atoms with Gasteiger partial charge in [-0.2, -0.15) is 9.50 Å². The summed E-state index contributed by atoms with van der Waals surface area (Å²) in [5.41, 5.74) is 1.30.